The molecule has 1 heterocycles. The number of nitrogens with one attached hydrogen (secondary N) is 1. The highest BCUT2D eigenvalue weighted by molar-refractivity contribution is 7.55. The molecule has 0 spiro atoms. The Labute approximate surface area is 214 Å². The first kappa shape index (κ1) is 29.6. The van der Waals surface area contributed by atoms with E-state index in [1.807, 2.05) is 62.4 Å². The predicted molar refractivity (Wildman–Crippen MR) is 144 cm³/mol. The van der Waals surface area contributed by atoms with E-state index >= 15 is 0 Å². The predicted octanol–water partition coefficient (Wildman–Crippen LogP) is 6.71. The van der Waals surface area contributed by atoms with Gasteiger partial charge in [-0.1, -0.05) is 45.9 Å². The summed E-state index contributed by atoms with van der Waals surface area (Å²) in [4.78, 5) is 19.3. The molecule has 0 aliphatic carbocycles. The van der Waals surface area contributed by atoms with Gasteiger partial charge >= 0.3 is 7.60 Å². The highest BCUT2D eigenvalue weighted by Crippen LogP contribution is 2.54. The van der Waals surface area contributed by atoms with Crippen molar-refractivity contribution in [2.75, 3.05) is 13.2 Å². The summed E-state index contributed by atoms with van der Waals surface area (Å²) in [5.74, 6) is 2.87. The third kappa shape index (κ3) is 9.08. The first-order valence-corrected chi connectivity index (χ1v) is 14.1. The van der Waals surface area contributed by atoms with Crippen LogP contribution in [-0.4, -0.2) is 34.7 Å². The molecule has 0 saturated heterocycles. The number of imidazole rings is 1. The monoisotopic (exact) mass is 517 g/mol. The van der Waals surface area contributed by atoms with Crippen LogP contribution in [0.5, 0.6) is 11.5 Å². The number of benzene rings is 2. The molecule has 3 N–H and O–H groups in total. The Kier molecular flexibility index (Phi) is 11.6. The van der Waals surface area contributed by atoms with Gasteiger partial charge in [0.25, 0.3) is 0 Å². The zero-order valence-corrected chi connectivity index (χ0v) is 23.1. The SMILES string of the molecule is CC(C)Cc1nc2ccc(Oc3ccccc3)cc2[nH]1.CCOP(=O)(OCC)C(CC(C)C)C(N)=O. The minimum absolute atomic E-state index is 0.201. The molecular formula is C27H40N3O5P. The second-order valence-electron chi connectivity index (χ2n) is 9.30. The normalized spacial score (nSPS) is 12.4. The van der Waals surface area contributed by atoms with Gasteiger partial charge in [-0.2, -0.15) is 0 Å². The molecule has 0 aliphatic rings. The van der Waals surface area contributed by atoms with E-state index in [2.05, 4.69) is 23.8 Å². The van der Waals surface area contributed by atoms with E-state index in [9.17, 15) is 9.36 Å². The Morgan fingerprint density at radius 2 is 1.61 bits per heavy atom. The number of para-hydroxylation sites is 1. The summed E-state index contributed by atoms with van der Waals surface area (Å²) < 4.78 is 28.4. The van der Waals surface area contributed by atoms with E-state index in [-0.39, 0.29) is 19.1 Å². The van der Waals surface area contributed by atoms with Crippen LogP contribution in [0.4, 0.5) is 0 Å². The number of fused-ring (bicyclic) bond motifs is 1. The molecule has 3 rings (SSSR count). The van der Waals surface area contributed by atoms with E-state index in [0.717, 1.165) is 34.8 Å². The zero-order valence-electron chi connectivity index (χ0n) is 22.2. The fourth-order valence-electron chi connectivity index (χ4n) is 3.64. The van der Waals surface area contributed by atoms with Crippen LogP contribution in [0, 0.1) is 11.8 Å². The van der Waals surface area contributed by atoms with Crippen molar-refractivity contribution in [1.82, 2.24) is 9.97 Å². The number of primary amides is 1. The number of nitrogens with two attached hydrogens (primary N) is 1. The van der Waals surface area contributed by atoms with Crippen molar-refractivity contribution in [3.05, 3.63) is 54.4 Å². The second-order valence-corrected chi connectivity index (χ2v) is 11.5. The molecule has 198 valence electrons. The topological polar surface area (TPSA) is 117 Å². The van der Waals surface area contributed by atoms with E-state index in [1.54, 1.807) is 13.8 Å². The van der Waals surface area contributed by atoms with Gasteiger partial charge in [0.05, 0.1) is 24.2 Å². The van der Waals surface area contributed by atoms with Gasteiger partial charge in [-0.3, -0.25) is 9.36 Å². The summed E-state index contributed by atoms with van der Waals surface area (Å²) in [5, 5.41) is 0. The molecule has 0 radical (unpaired) electrons. The highest BCUT2D eigenvalue weighted by atomic mass is 31.2. The smallest absolute Gasteiger partial charge is 0.343 e. The molecule has 1 atom stereocenters. The van der Waals surface area contributed by atoms with Gasteiger partial charge in [-0.15, -0.1) is 0 Å². The summed E-state index contributed by atoms with van der Waals surface area (Å²) >= 11 is 0. The molecule has 2 aromatic carbocycles. The maximum atomic E-state index is 12.3. The van der Waals surface area contributed by atoms with E-state index in [1.165, 1.54) is 0 Å². The number of rotatable bonds is 12. The number of carbonyl (C=O) groups is 1. The molecule has 0 saturated carbocycles. The van der Waals surface area contributed by atoms with Crippen LogP contribution in [-0.2, 0) is 24.8 Å². The highest BCUT2D eigenvalue weighted by Gasteiger charge is 2.39. The molecule has 8 nitrogen and oxygen atoms in total. The van der Waals surface area contributed by atoms with Crippen molar-refractivity contribution in [3.8, 4) is 11.5 Å². The molecule has 0 aliphatic heterocycles. The van der Waals surface area contributed by atoms with Gasteiger partial charge in [-0.05, 0) is 56.4 Å². The molecule has 0 bridgehead atoms. The lowest BCUT2D eigenvalue weighted by Gasteiger charge is -2.25. The average molecular weight is 518 g/mol. The van der Waals surface area contributed by atoms with Crippen LogP contribution in [0.15, 0.2) is 48.5 Å². The van der Waals surface area contributed by atoms with E-state index < -0.39 is 19.2 Å². The zero-order chi connectivity index (χ0) is 26.7. The lowest BCUT2D eigenvalue weighted by Crippen LogP contribution is -2.31. The number of aromatic nitrogens is 2. The number of hydrogen-bond acceptors (Lipinski definition) is 6. The maximum Gasteiger partial charge on any atom is 0.343 e. The summed E-state index contributed by atoms with van der Waals surface area (Å²) in [7, 11) is -3.41. The van der Waals surface area contributed by atoms with Gasteiger partial charge in [-0.25, -0.2) is 4.98 Å². The number of ether oxygens (including phenoxy) is 1. The Morgan fingerprint density at radius 1 is 0.972 bits per heavy atom. The van der Waals surface area contributed by atoms with Crippen molar-refractivity contribution < 1.29 is 23.1 Å². The van der Waals surface area contributed by atoms with Crippen LogP contribution in [0.2, 0.25) is 0 Å². The van der Waals surface area contributed by atoms with Crippen molar-refractivity contribution in [2.24, 2.45) is 17.6 Å². The van der Waals surface area contributed by atoms with Crippen LogP contribution in [0.1, 0.15) is 53.8 Å². The minimum Gasteiger partial charge on any atom is -0.457 e. The summed E-state index contributed by atoms with van der Waals surface area (Å²) in [6.45, 7) is 12.1. The van der Waals surface area contributed by atoms with E-state index in [4.69, 9.17) is 19.5 Å². The van der Waals surface area contributed by atoms with Crippen LogP contribution in [0.3, 0.4) is 0 Å². The van der Waals surface area contributed by atoms with E-state index in [0.29, 0.717) is 12.3 Å². The van der Waals surface area contributed by atoms with Crippen LogP contribution >= 0.6 is 7.60 Å². The number of hydrogen-bond donors (Lipinski definition) is 2. The summed E-state index contributed by atoms with van der Waals surface area (Å²) in [5.41, 5.74) is 6.42. The maximum absolute atomic E-state index is 12.3. The van der Waals surface area contributed by atoms with Gasteiger partial charge in [0.2, 0.25) is 5.91 Å². The summed E-state index contributed by atoms with van der Waals surface area (Å²) in [6, 6.07) is 15.7. The molecule has 3 aromatic rings. The lowest BCUT2D eigenvalue weighted by atomic mass is 10.1. The summed E-state index contributed by atoms with van der Waals surface area (Å²) in [6.07, 6.45) is 1.37. The Morgan fingerprint density at radius 3 is 2.14 bits per heavy atom. The van der Waals surface area contributed by atoms with Gasteiger partial charge in [0.15, 0.2) is 0 Å². The van der Waals surface area contributed by atoms with Crippen molar-refractivity contribution >= 4 is 24.5 Å². The third-order valence-corrected chi connectivity index (χ3v) is 7.57. The molecule has 1 unspecified atom stereocenters. The largest absolute Gasteiger partial charge is 0.457 e. The van der Waals surface area contributed by atoms with Gasteiger partial charge in [0.1, 0.15) is 23.0 Å². The Hall–Kier alpha value is -2.67. The standard InChI is InChI=1S/C17H18N2O.C10H22NO4P/c1-12(2)10-17-18-15-9-8-14(11-16(15)19-17)20-13-6-4-3-5-7-13;1-5-14-16(13,15-6-2)9(10(11)12)7-8(3)4/h3-9,11-12H,10H2,1-2H3,(H,18,19);8-9H,5-7H2,1-4H3,(H2,11,12). The number of amides is 1. The molecule has 36 heavy (non-hydrogen) atoms. The Balaban J connectivity index is 0.000000262. The van der Waals surface area contributed by atoms with Crippen LogP contribution in [0.25, 0.3) is 11.0 Å². The fraction of sp³-hybridized carbons (Fsp3) is 0.481. The number of H-pyrrole nitrogens is 1. The third-order valence-electron chi connectivity index (χ3n) is 5.11. The number of nitrogens with zero attached hydrogens (tertiary/aromatic N) is 1. The second kappa shape index (κ2) is 14.2. The number of aromatic amines is 1. The number of carbonyl (C=O) groups excluding carboxylic acids is 1. The fourth-order valence-corrected chi connectivity index (χ4v) is 5.78. The van der Waals surface area contributed by atoms with Crippen molar-refractivity contribution in [2.45, 2.75) is 60.0 Å². The van der Waals surface area contributed by atoms with Gasteiger partial charge in [0, 0.05) is 12.5 Å². The first-order chi connectivity index (χ1) is 17.1. The first-order valence-electron chi connectivity index (χ1n) is 12.5. The molecular weight excluding hydrogens is 477 g/mol. The van der Waals surface area contributed by atoms with Gasteiger partial charge < -0.3 is 24.5 Å². The average Bonchev–Trinajstić information content (AvgIpc) is 3.19. The lowest BCUT2D eigenvalue weighted by molar-refractivity contribution is -0.118. The van der Waals surface area contributed by atoms with Crippen molar-refractivity contribution in [1.29, 1.82) is 0 Å². The molecule has 0 fully saturated rings. The van der Waals surface area contributed by atoms with Crippen LogP contribution < -0.4 is 10.5 Å². The van der Waals surface area contributed by atoms with Crippen molar-refractivity contribution in [3.63, 3.8) is 0 Å². The quantitative estimate of drug-likeness (QED) is 0.258. The molecule has 9 heteroatoms. The molecule has 1 amide bonds. The molecule has 1 aromatic heterocycles. The Bertz CT molecular complexity index is 1120. The minimum atomic E-state index is -3.41.